The Bertz CT molecular complexity index is 714. The summed E-state index contributed by atoms with van der Waals surface area (Å²) >= 11 is 0. The number of hydrogen-bond donors (Lipinski definition) is 3. The molecule has 0 unspecified atom stereocenters. The minimum Gasteiger partial charge on any atom is -0.333 e. The van der Waals surface area contributed by atoms with Gasteiger partial charge in [-0.15, -0.1) is 0 Å². The number of nitrogens with one attached hydrogen (secondary N) is 2. The molecule has 2 aromatic carbocycles. The maximum Gasteiger partial charge on any atom is 0.326 e. The lowest BCUT2D eigenvalue weighted by molar-refractivity contribution is -0.682. The van der Waals surface area contributed by atoms with Crippen molar-refractivity contribution in [1.29, 1.82) is 0 Å². The fourth-order valence-electron chi connectivity index (χ4n) is 2.39. The zero-order valence-corrected chi connectivity index (χ0v) is 14.3. The summed E-state index contributed by atoms with van der Waals surface area (Å²) in [4.78, 5) is 23.9. The van der Waals surface area contributed by atoms with E-state index in [1.165, 1.54) is 0 Å². The van der Waals surface area contributed by atoms with Crippen molar-refractivity contribution in [2.45, 2.75) is 26.8 Å². The van der Waals surface area contributed by atoms with Crippen LogP contribution in [0.3, 0.4) is 0 Å². The first-order valence-corrected chi connectivity index (χ1v) is 8.02. The Hall–Kier alpha value is -2.66. The summed E-state index contributed by atoms with van der Waals surface area (Å²) in [5.41, 5.74) is 3.93. The van der Waals surface area contributed by atoms with Crippen LogP contribution < -0.4 is 16.0 Å². The molecule has 126 valence electrons. The van der Waals surface area contributed by atoms with Crippen molar-refractivity contribution in [3.8, 4) is 0 Å². The third-order valence-electron chi connectivity index (χ3n) is 4.09. The monoisotopic (exact) mass is 326 g/mol. The molecule has 5 heteroatoms. The molecular formula is C19H24N3O2+. The van der Waals surface area contributed by atoms with Crippen molar-refractivity contribution in [3.63, 3.8) is 0 Å². The quantitative estimate of drug-likeness (QED) is 0.788. The molecule has 0 aromatic heterocycles. The summed E-state index contributed by atoms with van der Waals surface area (Å²) in [5.74, 6) is -0.319. The van der Waals surface area contributed by atoms with Crippen molar-refractivity contribution in [2.24, 2.45) is 0 Å². The third-order valence-corrected chi connectivity index (χ3v) is 4.09. The molecule has 0 aliphatic carbocycles. The van der Waals surface area contributed by atoms with Gasteiger partial charge in [-0.25, -0.2) is 4.79 Å². The number of rotatable bonds is 5. The summed E-state index contributed by atoms with van der Waals surface area (Å²) in [5, 5.41) is 6.98. The van der Waals surface area contributed by atoms with Crippen molar-refractivity contribution in [3.05, 3.63) is 65.2 Å². The SMILES string of the molecule is Cc1cccc(NC(=O)NC(=O)C[NH2+][C@H](C)c2ccccc2)c1C. The average molecular weight is 326 g/mol. The van der Waals surface area contributed by atoms with Crippen LogP contribution in [0, 0.1) is 13.8 Å². The zero-order chi connectivity index (χ0) is 17.5. The van der Waals surface area contributed by atoms with Crippen LogP contribution >= 0.6 is 0 Å². The van der Waals surface area contributed by atoms with Gasteiger partial charge in [-0.05, 0) is 38.0 Å². The molecule has 5 nitrogen and oxygen atoms in total. The van der Waals surface area contributed by atoms with Gasteiger partial charge in [0.25, 0.3) is 5.91 Å². The van der Waals surface area contributed by atoms with Gasteiger partial charge in [-0.1, -0.05) is 42.5 Å². The smallest absolute Gasteiger partial charge is 0.326 e. The van der Waals surface area contributed by atoms with E-state index in [0.717, 1.165) is 16.7 Å². The molecule has 4 N–H and O–H groups in total. The summed E-state index contributed by atoms with van der Waals surface area (Å²) < 4.78 is 0. The molecule has 0 fully saturated rings. The van der Waals surface area contributed by atoms with E-state index in [9.17, 15) is 9.59 Å². The van der Waals surface area contributed by atoms with Crippen molar-refractivity contribution in [1.82, 2.24) is 5.32 Å². The van der Waals surface area contributed by atoms with E-state index in [-0.39, 0.29) is 18.5 Å². The normalized spacial score (nSPS) is 11.6. The number of nitrogens with two attached hydrogens (primary N) is 1. The second-order valence-corrected chi connectivity index (χ2v) is 5.89. The van der Waals surface area contributed by atoms with Crippen LogP contribution in [-0.4, -0.2) is 18.5 Å². The van der Waals surface area contributed by atoms with Crippen LogP contribution in [0.15, 0.2) is 48.5 Å². The van der Waals surface area contributed by atoms with E-state index in [1.807, 2.05) is 74.6 Å². The van der Waals surface area contributed by atoms with Gasteiger partial charge >= 0.3 is 6.03 Å². The van der Waals surface area contributed by atoms with Crippen LogP contribution in [0.2, 0.25) is 0 Å². The maximum atomic E-state index is 11.9. The largest absolute Gasteiger partial charge is 0.333 e. The second-order valence-electron chi connectivity index (χ2n) is 5.89. The summed E-state index contributed by atoms with van der Waals surface area (Å²) in [6, 6.07) is 15.2. The third kappa shape index (κ3) is 4.93. The van der Waals surface area contributed by atoms with Gasteiger partial charge in [-0.3, -0.25) is 10.1 Å². The highest BCUT2D eigenvalue weighted by atomic mass is 16.2. The molecule has 0 saturated heterocycles. The number of anilines is 1. The van der Waals surface area contributed by atoms with Gasteiger partial charge in [0.05, 0.1) is 0 Å². The molecule has 2 aromatic rings. The molecule has 0 aliphatic heterocycles. The van der Waals surface area contributed by atoms with E-state index in [2.05, 4.69) is 10.6 Å². The van der Waals surface area contributed by atoms with Gasteiger partial charge in [0.15, 0.2) is 6.54 Å². The number of carbonyl (C=O) groups excluding carboxylic acids is 2. The number of carbonyl (C=O) groups is 2. The van der Waals surface area contributed by atoms with Crippen LogP contribution in [0.5, 0.6) is 0 Å². The van der Waals surface area contributed by atoms with Gasteiger partial charge < -0.3 is 10.6 Å². The van der Waals surface area contributed by atoms with Gasteiger partial charge in [0.1, 0.15) is 6.04 Å². The van der Waals surface area contributed by atoms with E-state index in [4.69, 9.17) is 0 Å². The highest BCUT2D eigenvalue weighted by Gasteiger charge is 2.14. The number of aryl methyl sites for hydroxylation is 1. The molecule has 0 spiro atoms. The Labute approximate surface area is 142 Å². The molecule has 0 bridgehead atoms. The number of amides is 3. The molecule has 2 rings (SSSR count). The number of imide groups is 1. The average Bonchev–Trinajstić information content (AvgIpc) is 2.57. The Morgan fingerprint density at radius 1 is 1.04 bits per heavy atom. The first-order chi connectivity index (χ1) is 11.5. The summed E-state index contributed by atoms with van der Waals surface area (Å²) in [7, 11) is 0. The Morgan fingerprint density at radius 3 is 2.46 bits per heavy atom. The number of benzene rings is 2. The minimum atomic E-state index is -0.505. The fourth-order valence-corrected chi connectivity index (χ4v) is 2.39. The van der Waals surface area contributed by atoms with Crippen molar-refractivity contribution >= 4 is 17.6 Å². The summed E-state index contributed by atoms with van der Waals surface area (Å²) in [6.45, 7) is 6.13. The predicted molar refractivity (Wildman–Crippen MR) is 94.7 cm³/mol. The molecule has 0 saturated carbocycles. The standard InChI is InChI=1S/C19H23N3O2/c1-13-8-7-11-17(14(13)2)21-19(24)22-18(23)12-20-15(3)16-9-5-4-6-10-16/h4-11,15,20H,12H2,1-3H3,(H2,21,22,23,24)/p+1/t15-/m1/s1. The van der Waals surface area contributed by atoms with Gasteiger partial charge in [0, 0.05) is 11.3 Å². The van der Waals surface area contributed by atoms with E-state index < -0.39 is 6.03 Å². The Kier molecular flexibility index (Phi) is 6.09. The van der Waals surface area contributed by atoms with E-state index in [0.29, 0.717) is 5.69 Å². The lowest BCUT2D eigenvalue weighted by Crippen LogP contribution is -2.87. The first kappa shape index (κ1) is 17.7. The summed E-state index contributed by atoms with van der Waals surface area (Å²) in [6.07, 6.45) is 0. The van der Waals surface area contributed by atoms with Crippen LogP contribution in [-0.2, 0) is 4.79 Å². The second kappa shape index (κ2) is 8.26. The first-order valence-electron chi connectivity index (χ1n) is 8.02. The van der Waals surface area contributed by atoms with Crippen molar-refractivity contribution < 1.29 is 14.9 Å². The number of urea groups is 1. The molecular weight excluding hydrogens is 302 g/mol. The van der Waals surface area contributed by atoms with Gasteiger partial charge in [-0.2, -0.15) is 0 Å². The zero-order valence-electron chi connectivity index (χ0n) is 14.3. The number of hydrogen-bond acceptors (Lipinski definition) is 2. The highest BCUT2D eigenvalue weighted by molar-refractivity contribution is 6.01. The Morgan fingerprint density at radius 2 is 1.75 bits per heavy atom. The van der Waals surface area contributed by atoms with E-state index in [1.54, 1.807) is 0 Å². The van der Waals surface area contributed by atoms with Crippen LogP contribution in [0.1, 0.15) is 29.7 Å². The minimum absolute atomic E-state index is 0.152. The topological polar surface area (TPSA) is 74.8 Å². The van der Waals surface area contributed by atoms with Gasteiger partial charge in [0.2, 0.25) is 0 Å². The lowest BCUT2D eigenvalue weighted by Gasteiger charge is -2.12. The lowest BCUT2D eigenvalue weighted by atomic mass is 10.1. The van der Waals surface area contributed by atoms with E-state index >= 15 is 0 Å². The Balaban J connectivity index is 1.81. The molecule has 0 aliphatic rings. The maximum absolute atomic E-state index is 11.9. The fraction of sp³-hybridized carbons (Fsp3) is 0.263. The molecule has 24 heavy (non-hydrogen) atoms. The van der Waals surface area contributed by atoms with Crippen LogP contribution in [0.4, 0.5) is 10.5 Å². The predicted octanol–water partition coefficient (Wildman–Crippen LogP) is 2.28. The molecule has 0 radical (unpaired) electrons. The molecule has 3 amide bonds. The molecule has 1 atom stereocenters. The van der Waals surface area contributed by atoms with Crippen molar-refractivity contribution in [2.75, 3.05) is 11.9 Å². The van der Waals surface area contributed by atoms with Crippen LogP contribution in [0.25, 0.3) is 0 Å². The number of quaternary nitrogens is 1. The highest BCUT2D eigenvalue weighted by Crippen LogP contribution is 2.17. The molecule has 0 heterocycles.